The highest BCUT2D eigenvalue weighted by atomic mass is 15.3. The summed E-state index contributed by atoms with van der Waals surface area (Å²) in [4.78, 5) is 0. The van der Waals surface area contributed by atoms with Gasteiger partial charge in [0, 0.05) is 24.3 Å². The van der Waals surface area contributed by atoms with Gasteiger partial charge in [0.1, 0.15) is 0 Å². The van der Waals surface area contributed by atoms with Crippen LogP contribution in [0.15, 0.2) is 30.5 Å². The molecule has 0 saturated heterocycles. The molecule has 2 aromatic rings. The van der Waals surface area contributed by atoms with Crippen LogP contribution in [0.5, 0.6) is 0 Å². The first kappa shape index (κ1) is 15.8. The van der Waals surface area contributed by atoms with Gasteiger partial charge in [-0.3, -0.25) is 4.68 Å². The second-order valence-corrected chi connectivity index (χ2v) is 5.74. The van der Waals surface area contributed by atoms with Gasteiger partial charge in [0.2, 0.25) is 0 Å². The van der Waals surface area contributed by atoms with Crippen LogP contribution in [0.3, 0.4) is 0 Å². The van der Waals surface area contributed by atoms with Gasteiger partial charge in [-0.25, -0.2) is 0 Å². The third kappa shape index (κ3) is 4.18. The summed E-state index contributed by atoms with van der Waals surface area (Å²) in [5.74, 6) is 0. The summed E-state index contributed by atoms with van der Waals surface area (Å²) in [5.41, 5.74) is 4.98. The van der Waals surface area contributed by atoms with Crippen molar-refractivity contribution < 1.29 is 0 Å². The van der Waals surface area contributed by atoms with Crippen molar-refractivity contribution >= 4 is 0 Å². The molecule has 1 aromatic heterocycles. The Morgan fingerprint density at radius 3 is 2.48 bits per heavy atom. The van der Waals surface area contributed by atoms with E-state index < -0.39 is 0 Å². The third-order valence-corrected chi connectivity index (χ3v) is 3.82. The van der Waals surface area contributed by atoms with E-state index in [1.54, 1.807) is 0 Å². The zero-order valence-electron chi connectivity index (χ0n) is 13.7. The van der Waals surface area contributed by atoms with Gasteiger partial charge in [0.25, 0.3) is 0 Å². The largest absolute Gasteiger partial charge is 0.314 e. The van der Waals surface area contributed by atoms with Crippen molar-refractivity contribution in [2.75, 3.05) is 6.54 Å². The van der Waals surface area contributed by atoms with Crippen LogP contribution in [0.4, 0.5) is 0 Å². The molecule has 0 spiro atoms. The van der Waals surface area contributed by atoms with E-state index in [1.165, 1.54) is 23.1 Å². The van der Waals surface area contributed by atoms with Gasteiger partial charge >= 0.3 is 0 Å². The minimum absolute atomic E-state index is 0.528. The normalized spacial score (nSPS) is 12.6. The van der Waals surface area contributed by atoms with E-state index in [-0.39, 0.29) is 0 Å². The number of aryl methyl sites for hydroxylation is 2. The fraction of sp³-hybridized carbons (Fsp3) is 0.500. The maximum atomic E-state index is 4.52. The second kappa shape index (κ2) is 7.41. The Labute approximate surface area is 128 Å². The molecule has 0 aliphatic rings. The molecule has 0 aliphatic heterocycles. The van der Waals surface area contributed by atoms with Crippen molar-refractivity contribution in [2.24, 2.45) is 0 Å². The summed E-state index contributed by atoms with van der Waals surface area (Å²) in [6.45, 7) is 10.6. The molecule has 1 aromatic carbocycles. The van der Waals surface area contributed by atoms with Gasteiger partial charge < -0.3 is 5.32 Å². The lowest BCUT2D eigenvalue weighted by atomic mass is 10.0. The molecule has 0 radical (unpaired) electrons. The van der Waals surface area contributed by atoms with Gasteiger partial charge in [-0.2, -0.15) is 5.10 Å². The Kier molecular flexibility index (Phi) is 5.57. The molecule has 2 rings (SSSR count). The first-order chi connectivity index (χ1) is 10.1. The zero-order valence-corrected chi connectivity index (χ0v) is 13.7. The summed E-state index contributed by atoms with van der Waals surface area (Å²) >= 11 is 0. The molecular weight excluding hydrogens is 258 g/mol. The highest BCUT2D eigenvalue weighted by Gasteiger charge is 2.07. The molecule has 3 heteroatoms. The molecule has 21 heavy (non-hydrogen) atoms. The number of hydrogen-bond acceptors (Lipinski definition) is 2. The Morgan fingerprint density at radius 2 is 1.90 bits per heavy atom. The maximum Gasteiger partial charge on any atom is 0.0672 e. The Bertz CT molecular complexity index is 554. The van der Waals surface area contributed by atoms with Crippen molar-refractivity contribution in [3.63, 3.8) is 0 Å². The van der Waals surface area contributed by atoms with E-state index >= 15 is 0 Å². The Balaban J connectivity index is 2.06. The van der Waals surface area contributed by atoms with Crippen LogP contribution in [0.1, 0.15) is 38.4 Å². The van der Waals surface area contributed by atoms with Crippen LogP contribution in [0.2, 0.25) is 0 Å². The molecule has 114 valence electrons. The van der Waals surface area contributed by atoms with Crippen molar-refractivity contribution in [2.45, 2.75) is 53.1 Å². The van der Waals surface area contributed by atoms with Gasteiger partial charge in [-0.15, -0.1) is 0 Å². The summed E-state index contributed by atoms with van der Waals surface area (Å²) < 4.78 is 2.00. The topological polar surface area (TPSA) is 29.9 Å². The van der Waals surface area contributed by atoms with Crippen molar-refractivity contribution in [3.8, 4) is 11.1 Å². The molecule has 0 aliphatic carbocycles. The van der Waals surface area contributed by atoms with Gasteiger partial charge in [0.15, 0.2) is 0 Å². The van der Waals surface area contributed by atoms with Crippen molar-refractivity contribution in [1.82, 2.24) is 15.1 Å². The fourth-order valence-corrected chi connectivity index (χ4v) is 2.60. The number of nitrogens with one attached hydrogen (secondary N) is 1. The van der Waals surface area contributed by atoms with E-state index in [1.807, 2.05) is 4.68 Å². The van der Waals surface area contributed by atoms with Crippen LogP contribution >= 0.6 is 0 Å². The van der Waals surface area contributed by atoms with Crippen LogP contribution in [-0.4, -0.2) is 22.4 Å². The molecule has 1 heterocycles. The first-order valence-electron chi connectivity index (χ1n) is 8.00. The van der Waals surface area contributed by atoms with Gasteiger partial charge in [0.05, 0.1) is 5.69 Å². The summed E-state index contributed by atoms with van der Waals surface area (Å²) in [5, 5.41) is 8.05. The first-order valence-corrected chi connectivity index (χ1v) is 8.00. The SMILES string of the molecule is CCCNC(C)Cc1ccc(-c2cn(CC)nc2C)cc1. The number of benzene rings is 1. The van der Waals surface area contributed by atoms with E-state index in [0.29, 0.717) is 6.04 Å². The molecular formula is C18H27N3. The molecule has 0 saturated carbocycles. The van der Waals surface area contributed by atoms with E-state index in [0.717, 1.165) is 25.2 Å². The predicted molar refractivity (Wildman–Crippen MR) is 89.5 cm³/mol. The van der Waals surface area contributed by atoms with E-state index in [2.05, 4.69) is 68.6 Å². The molecule has 0 amide bonds. The summed E-state index contributed by atoms with van der Waals surface area (Å²) in [6, 6.07) is 9.43. The lowest BCUT2D eigenvalue weighted by molar-refractivity contribution is 0.543. The standard InChI is InChI=1S/C18H27N3/c1-5-11-19-14(3)12-16-7-9-17(10-8-16)18-13-21(6-2)20-15(18)4/h7-10,13-14,19H,5-6,11-12H2,1-4H3. The molecule has 0 fully saturated rings. The summed E-state index contributed by atoms with van der Waals surface area (Å²) in [6.07, 6.45) is 4.40. The maximum absolute atomic E-state index is 4.52. The minimum Gasteiger partial charge on any atom is -0.314 e. The summed E-state index contributed by atoms with van der Waals surface area (Å²) in [7, 11) is 0. The minimum atomic E-state index is 0.528. The highest BCUT2D eigenvalue weighted by Crippen LogP contribution is 2.23. The lowest BCUT2D eigenvalue weighted by Crippen LogP contribution is -2.28. The fourth-order valence-electron chi connectivity index (χ4n) is 2.60. The lowest BCUT2D eigenvalue weighted by Gasteiger charge is -2.13. The number of rotatable bonds is 7. The van der Waals surface area contributed by atoms with E-state index in [9.17, 15) is 0 Å². The van der Waals surface area contributed by atoms with Crippen molar-refractivity contribution in [1.29, 1.82) is 0 Å². The van der Waals surface area contributed by atoms with E-state index in [4.69, 9.17) is 0 Å². The van der Waals surface area contributed by atoms with Gasteiger partial charge in [-0.05, 0) is 51.3 Å². The molecule has 0 bridgehead atoms. The molecule has 3 nitrogen and oxygen atoms in total. The van der Waals surface area contributed by atoms with Gasteiger partial charge in [-0.1, -0.05) is 31.2 Å². The number of nitrogens with zero attached hydrogens (tertiary/aromatic N) is 2. The van der Waals surface area contributed by atoms with Crippen molar-refractivity contribution in [3.05, 3.63) is 41.7 Å². The smallest absolute Gasteiger partial charge is 0.0672 e. The quantitative estimate of drug-likeness (QED) is 0.838. The average molecular weight is 285 g/mol. The Morgan fingerprint density at radius 1 is 1.19 bits per heavy atom. The monoisotopic (exact) mass is 285 g/mol. The Hall–Kier alpha value is -1.61. The highest BCUT2D eigenvalue weighted by molar-refractivity contribution is 5.65. The van der Waals surface area contributed by atoms with Crippen LogP contribution in [0, 0.1) is 6.92 Å². The molecule has 1 N–H and O–H groups in total. The zero-order chi connectivity index (χ0) is 15.2. The average Bonchev–Trinajstić information content (AvgIpc) is 2.87. The third-order valence-electron chi connectivity index (χ3n) is 3.82. The van der Waals surface area contributed by atoms with Crippen LogP contribution < -0.4 is 5.32 Å². The molecule has 1 atom stereocenters. The number of hydrogen-bond donors (Lipinski definition) is 1. The molecule has 1 unspecified atom stereocenters. The van der Waals surface area contributed by atoms with Crippen LogP contribution in [-0.2, 0) is 13.0 Å². The predicted octanol–water partition coefficient (Wildman–Crippen LogP) is 3.81. The van der Waals surface area contributed by atoms with Crippen LogP contribution in [0.25, 0.3) is 11.1 Å². The second-order valence-electron chi connectivity index (χ2n) is 5.74. The number of aromatic nitrogens is 2.